The van der Waals surface area contributed by atoms with Crippen LogP contribution in [-0.2, 0) is 0 Å². The van der Waals surface area contributed by atoms with Crippen LogP contribution in [0.2, 0.25) is 0 Å². The van der Waals surface area contributed by atoms with Crippen LogP contribution < -0.4 is 9.80 Å². The third kappa shape index (κ3) is 14.2. The van der Waals surface area contributed by atoms with E-state index in [0.29, 0.717) is 0 Å². The lowest BCUT2D eigenvalue weighted by atomic mass is 9.91. The van der Waals surface area contributed by atoms with Crippen LogP contribution in [0.1, 0.15) is 0 Å². The zero-order valence-electron chi connectivity index (χ0n) is 81.4. The van der Waals surface area contributed by atoms with E-state index in [-0.39, 0.29) is 0 Å². The Labute approximate surface area is 863 Å². The van der Waals surface area contributed by atoms with E-state index in [0.717, 1.165) is 51.1 Å². The Morgan fingerprint density at radius 1 is 0.107 bits per heavy atom. The maximum absolute atomic E-state index is 2.50. The Hall–Kier alpha value is -19.7. The van der Waals surface area contributed by atoms with Gasteiger partial charge in [0.15, 0.2) is 0 Å². The first-order valence-electron chi connectivity index (χ1n) is 51.4. The van der Waals surface area contributed by atoms with E-state index >= 15 is 0 Å². The van der Waals surface area contributed by atoms with Crippen LogP contribution in [0.3, 0.4) is 0 Å². The van der Waals surface area contributed by atoms with Crippen molar-refractivity contribution in [2.24, 2.45) is 0 Å². The molecule has 0 amide bonds. The van der Waals surface area contributed by atoms with E-state index in [1.165, 1.54) is 231 Å². The normalized spacial score (nSPS) is 11.8. The number of fused-ring (bicyclic) bond motifs is 27. The van der Waals surface area contributed by atoms with Gasteiger partial charge in [-0.2, -0.15) is 0 Å². The zero-order valence-corrected chi connectivity index (χ0v) is 81.4. The summed E-state index contributed by atoms with van der Waals surface area (Å²) in [5, 5.41) is 15.5. The molecule has 25 aromatic carbocycles. The van der Waals surface area contributed by atoms with Gasteiger partial charge in [0.2, 0.25) is 0 Å². The molecule has 3 aliphatic rings. The van der Waals surface area contributed by atoms with Crippen molar-refractivity contribution in [1.29, 1.82) is 0 Å². The van der Waals surface area contributed by atoms with Gasteiger partial charge in [-0.05, 0) is 305 Å². The summed E-state index contributed by atoms with van der Waals surface area (Å²) in [4.78, 5) is 4.70. The summed E-state index contributed by atoms with van der Waals surface area (Å²) < 4.78 is 7.40. The number of para-hydroxylation sites is 6. The molecule has 3 aliphatic carbocycles. The van der Waals surface area contributed by atoms with Crippen LogP contribution in [0.5, 0.6) is 0 Å². The summed E-state index contributed by atoms with van der Waals surface area (Å²) in [5.41, 5.74) is 47.6. The van der Waals surface area contributed by atoms with E-state index < -0.39 is 0 Å². The van der Waals surface area contributed by atoms with E-state index in [2.05, 4.69) is 588 Å². The fourth-order valence-electron chi connectivity index (χ4n) is 24.6. The lowest BCUT2D eigenvalue weighted by Gasteiger charge is -2.27. The molecular weight excluding hydrogens is 1800 g/mol. The predicted octanol–water partition coefficient (Wildman–Crippen LogP) is 39.7. The van der Waals surface area contributed by atoms with Crippen molar-refractivity contribution in [3.05, 3.63) is 564 Å². The van der Waals surface area contributed by atoms with E-state index in [9.17, 15) is 0 Å². The highest BCUT2D eigenvalue weighted by Gasteiger charge is 2.32. The lowest BCUT2D eigenvalue weighted by Crippen LogP contribution is -2.10. The second-order valence-corrected chi connectivity index (χ2v) is 39.1. The molecular formula is C144H93N5. The van der Waals surface area contributed by atoms with E-state index in [4.69, 9.17) is 0 Å². The number of anilines is 6. The summed E-state index contributed by atoms with van der Waals surface area (Å²) >= 11 is 0. The number of hydrogen-bond donors (Lipinski definition) is 0. The van der Waals surface area contributed by atoms with Gasteiger partial charge in [-0.15, -0.1) is 0 Å². The monoisotopic (exact) mass is 1890 g/mol. The Kier molecular flexibility index (Phi) is 20.6. The maximum atomic E-state index is 2.50. The fourth-order valence-corrected chi connectivity index (χ4v) is 24.6. The Morgan fingerprint density at radius 3 is 0.644 bits per heavy atom. The molecule has 0 unspecified atom stereocenters. The summed E-state index contributed by atoms with van der Waals surface area (Å²) in [6, 6.07) is 206. The predicted molar refractivity (Wildman–Crippen MR) is 630 cm³/mol. The highest BCUT2D eigenvalue weighted by atomic mass is 15.2. The minimum absolute atomic E-state index is 1.09. The van der Waals surface area contributed by atoms with Crippen molar-refractivity contribution >= 4 is 132 Å². The molecule has 5 nitrogen and oxygen atoms in total. The summed E-state index contributed by atoms with van der Waals surface area (Å²) in [6.07, 6.45) is 0. The molecule has 149 heavy (non-hydrogen) atoms. The second-order valence-electron chi connectivity index (χ2n) is 39.1. The average molecular weight is 1890 g/mol. The van der Waals surface area contributed by atoms with E-state index in [1.807, 2.05) is 0 Å². The second kappa shape index (κ2) is 35.7. The third-order valence-electron chi connectivity index (χ3n) is 31.0. The van der Waals surface area contributed by atoms with Crippen LogP contribution in [-0.4, -0.2) is 13.7 Å². The first-order valence-corrected chi connectivity index (χ1v) is 51.4. The zero-order chi connectivity index (χ0) is 98.1. The van der Waals surface area contributed by atoms with Crippen molar-refractivity contribution in [3.8, 4) is 151 Å². The summed E-state index contributed by atoms with van der Waals surface area (Å²) in [6.45, 7) is 0. The van der Waals surface area contributed by atoms with Gasteiger partial charge in [-0.3, -0.25) is 0 Å². The highest BCUT2D eigenvalue weighted by Crippen LogP contribution is 2.57. The van der Waals surface area contributed by atoms with Crippen LogP contribution >= 0.6 is 0 Å². The lowest BCUT2D eigenvalue weighted by molar-refractivity contribution is 1.17. The number of benzene rings is 25. The Balaban J connectivity index is 0.000000106. The number of hydrogen-bond acceptors (Lipinski definition) is 2. The van der Waals surface area contributed by atoms with Gasteiger partial charge in [-0.1, -0.05) is 425 Å². The van der Waals surface area contributed by atoms with Crippen molar-refractivity contribution < 1.29 is 0 Å². The van der Waals surface area contributed by atoms with Gasteiger partial charge in [-0.25, -0.2) is 0 Å². The first kappa shape index (κ1) is 86.0. The minimum Gasteiger partial charge on any atom is -0.311 e. The molecule has 0 spiro atoms. The molecule has 0 fully saturated rings. The standard InChI is InChI=1S/2C52H34N2.C40H25N/c1-4-17-35(18-5-1)36-31-39(53(37-19-6-2-7-20-37)38-21-8-3-9-22-38)33-40(32-36)54-49-30-15-14-27-46(49)52-47-29-16-28-45-43-25-12-10-23-41(43)42-24-11-13-26-44(42)48(51(45)47)34-50(52)54;1-3-14-35(15-4-1)36-26-28-38(29-27-36)53(37-16-5-2-6-17-37)39-30-32-40(33-31-39)54-49-25-12-11-22-46(49)52-47-24-13-23-45-43-20-9-7-18-41(43)42-19-8-10-21-44(42)48(51(45)47)34-50(52)54;1-2-11-26(12-3-1)27-21-23-28(24-22-27)41-37-20-9-8-17-34(37)40-35-19-10-18-33-31-15-6-4-13-29(31)30-14-5-7-16-32(30)36(39(33)35)25-38(40)41/h2*1-34H;1-25H. The van der Waals surface area contributed by atoms with Crippen molar-refractivity contribution in [3.63, 3.8) is 0 Å². The third-order valence-corrected chi connectivity index (χ3v) is 31.0. The van der Waals surface area contributed by atoms with Crippen molar-refractivity contribution in [2.45, 2.75) is 0 Å². The molecule has 0 saturated heterocycles. The van der Waals surface area contributed by atoms with Gasteiger partial charge >= 0.3 is 0 Å². The molecule has 5 heteroatoms. The molecule has 0 radical (unpaired) electrons. The number of rotatable bonds is 12. The van der Waals surface area contributed by atoms with Crippen molar-refractivity contribution in [2.75, 3.05) is 9.80 Å². The van der Waals surface area contributed by atoms with Gasteiger partial charge in [0.05, 0.1) is 33.1 Å². The number of nitrogens with zero attached hydrogens (tertiary/aromatic N) is 5. The van der Waals surface area contributed by atoms with Gasteiger partial charge in [0.25, 0.3) is 0 Å². The minimum atomic E-state index is 1.09. The molecule has 31 rings (SSSR count). The van der Waals surface area contributed by atoms with Gasteiger partial charge in [0, 0.05) is 83.5 Å². The number of aromatic nitrogens is 3. The Bertz CT molecular complexity index is 10100. The molecule has 0 bridgehead atoms. The smallest absolute Gasteiger partial charge is 0.0553 e. The molecule has 28 aromatic rings. The average Bonchev–Trinajstić information content (AvgIpc) is 1.55. The quantitative estimate of drug-likeness (QED) is 0.122. The Morgan fingerprint density at radius 2 is 0.322 bits per heavy atom. The van der Waals surface area contributed by atoms with Gasteiger partial charge < -0.3 is 23.5 Å². The van der Waals surface area contributed by atoms with Gasteiger partial charge in [0.1, 0.15) is 0 Å². The topological polar surface area (TPSA) is 21.3 Å². The molecule has 0 aliphatic heterocycles. The van der Waals surface area contributed by atoms with Crippen LogP contribution in [0, 0.1) is 0 Å². The molecule has 694 valence electrons. The highest BCUT2D eigenvalue weighted by molar-refractivity contribution is 6.32. The van der Waals surface area contributed by atoms with E-state index in [1.54, 1.807) is 0 Å². The molecule has 0 N–H and O–H groups in total. The molecule has 3 aromatic heterocycles. The van der Waals surface area contributed by atoms with Crippen LogP contribution in [0.15, 0.2) is 564 Å². The summed E-state index contributed by atoms with van der Waals surface area (Å²) in [7, 11) is 0. The fraction of sp³-hybridized carbons (Fsp3) is 0. The summed E-state index contributed by atoms with van der Waals surface area (Å²) in [5.74, 6) is 0. The largest absolute Gasteiger partial charge is 0.311 e. The molecule has 0 atom stereocenters. The maximum Gasteiger partial charge on any atom is 0.0553 e. The van der Waals surface area contributed by atoms with Crippen LogP contribution in [0.4, 0.5) is 34.1 Å². The first-order chi connectivity index (χ1) is 74.0. The van der Waals surface area contributed by atoms with Crippen molar-refractivity contribution in [1.82, 2.24) is 13.7 Å². The van der Waals surface area contributed by atoms with Crippen LogP contribution in [0.25, 0.3) is 248 Å². The molecule has 3 heterocycles. The molecule has 0 saturated carbocycles. The SMILES string of the molecule is c1ccc(-c2cc(N(c3ccccc3)c3ccccc3)cc(-n3c4ccccc4c4c5cccc6c5c(cc43)-c3ccccc3-c3ccccc3-6)c2)cc1.c1ccc(-c2ccc(-n3c4ccccc4c4c5cccc6c5c(cc43)-c3ccccc3-c3ccccc3-6)cc2)cc1.c1ccc(-c2ccc(N(c3ccccc3)c3ccc(-n4c5ccccc5c5c6cccc7c6c(cc54)-c4ccccc4-c4ccccc4-7)cc3)cc2)cc1.